The van der Waals surface area contributed by atoms with Crippen LogP contribution in [0.25, 0.3) is 0 Å². The van der Waals surface area contributed by atoms with Gasteiger partial charge in [-0.1, -0.05) is 29.8 Å². The Labute approximate surface area is 86.1 Å². The number of ketones is 1. The summed E-state index contributed by atoms with van der Waals surface area (Å²) in [5, 5.41) is 0. The molecule has 0 spiro atoms. The number of Topliss-reactive ketones (excluding diaryl/α,β-unsaturated/α-hetero) is 1. The highest BCUT2D eigenvalue weighted by atomic mass is 79.9. The molecule has 0 saturated carbocycles. The Kier molecular flexibility index (Phi) is 5.55. The molecule has 0 bridgehead atoms. The maximum absolute atomic E-state index is 12.9. The van der Waals surface area contributed by atoms with Crippen molar-refractivity contribution in [3.63, 3.8) is 0 Å². The average Bonchev–Trinajstić information content (AvgIpc) is 2.07. The number of benzene rings is 1. The summed E-state index contributed by atoms with van der Waals surface area (Å²) in [5.74, 6) is -0.734. The molecule has 0 fully saturated rings. The van der Waals surface area contributed by atoms with E-state index in [9.17, 15) is 9.18 Å². The van der Waals surface area contributed by atoms with Crippen molar-refractivity contribution in [2.24, 2.45) is 0 Å². The fourth-order valence-corrected chi connectivity index (χ4v) is 1.11. The van der Waals surface area contributed by atoms with Gasteiger partial charge in [0.2, 0.25) is 0 Å². The molecule has 1 rings (SSSR count). The van der Waals surface area contributed by atoms with Gasteiger partial charge in [0.1, 0.15) is 5.82 Å². The van der Waals surface area contributed by atoms with Crippen molar-refractivity contribution in [1.29, 1.82) is 0 Å². The van der Waals surface area contributed by atoms with E-state index >= 15 is 0 Å². The van der Waals surface area contributed by atoms with E-state index in [1.165, 1.54) is 19.1 Å². The monoisotopic (exact) mass is 246 g/mol. The van der Waals surface area contributed by atoms with Crippen LogP contribution in [0.1, 0.15) is 31.1 Å². The van der Waals surface area contributed by atoms with Crippen molar-refractivity contribution in [2.45, 2.75) is 20.8 Å². The van der Waals surface area contributed by atoms with Gasteiger partial charge in [0.15, 0.2) is 5.78 Å². The van der Waals surface area contributed by atoms with Crippen LogP contribution in [0.5, 0.6) is 0 Å². The fourth-order valence-electron chi connectivity index (χ4n) is 0.775. The summed E-state index contributed by atoms with van der Waals surface area (Å²) in [7, 11) is 0. The lowest BCUT2D eigenvalue weighted by Gasteiger charge is -1.97. The Morgan fingerprint density at radius 1 is 1.38 bits per heavy atom. The summed E-state index contributed by atoms with van der Waals surface area (Å²) in [6, 6.07) is 4.37. The predicted octanol–water partition coefficient (Wildman–Crippen LogP) is 3.82. The van der Waals surface area contributed by atoms with Crippen molar-refractivity contribution in [1.82, 2.24) is 0 Å². The third kappa shape index (κ3) is 3.68. The molecule has 0 aromatic heterocycles. The maximum atomic E-state index is 12.9. The molecule has 1 aromatic carbocycles. The number of hydrogen-bond acceptors (Lipinski definition) is 1. The van der Waals surface area contributed by atoms with Gasteiger partial charge in [0.25, 0.3) is 0 Å². The van der Waals surface area contributed by atoms with Crippen molar-refractivity contribution in [3.8, 4) is 0 Å². The lowest BCUT2D eigenvalue weighted by atomic mass is 10.1. The summed E-state index contributed by atoms with van der Waals surface area (Å²) in [6.07, 6.45) is 0. The topological polar surface area (TPSA) is 17.1 Å². The largest absolute Gasteiger partial charge is 0.294 e. The van der Waals surface area contributed by atoms with Crippen LogP contribution in [-0.4, -0.2) is 5.78 Å². The van der Waals surface area contributed by atoms with Crippen LogP contribution < -0.4 is 0 Å². The second-order valence-corrected chi connectivity index (χ2v) is 3.10. The Bertz CT molecular complexity index is 297. The Morgan fingerprint density at radius 2 is 1.92 bits per heavy atom. The summed E-state index contributed by atoms with van der Waals surface area (Å²) in [6.45, 7) is 5.34. The molecule has 0 aliphatic heterocycles. The van der Waals surface area contributed by atoms with E-state index in [1.54, 1.807) is 6.07 Å². The second-order valence-electron chi connectivity index (χ2n) is 2.18. The molecule has 0 aliphatic rings. The first-order valence-corrected chi connectivity index (χ1v) is 4.86. The molecule has 1 aromatic rings. The zero-order valence-electron chi connectivity index (χ0n) is 7.90. The molecule has 13 heavy (non-hydrogen) atoms. The van der Waals surface area contributed by atoms with Crippen LogP contribution in [0, 0.1) is 5.82 Å². The Balaban J connectivity index is 0.000000671. The van der Waals surface area contributed by atoms with Gasteiger partial charge < -0.3 is 0 Å². The summed E-state index contributed by atoms with van der Waals surface area (Å²) in [5.41, 5.74) is 0.133. The molecule has 3 heteroatoms. The third-order valence-electron chi connectivity index (χ3n) is 1.31. The summed E-state index contributed by atoms with van der Waals surface area (Å²) < 4.78 is 13.5. The van der Waals surface area contributed by atoms with Crippen LogP contribution >= 0.6 is 15.9 Å². The minimum Gasteiger partial charge on any atom is -0.294 e. The zero-order valence-corrected chi connectivity index (χ0v) is 9.48. The highest BCUT2D eigenvalue weighted by Crippen LogP contribution is 2.15. The Hall–Kier alpha value is -0.700. The van der Waals surface area contributed by atoms with Crippen molar-refractivity contribution in [2.75, 3.05) is 0 Å². The number of hydrogen-bond donors (Lipinski definition) is 0. The van der Waals surface area contributed by atoms with Crippen LogP contribution in [0.3, 0.4) is 0 Å². The first-order chi connectivity index (χ1) is 6.11. The van der Waals surface area contributed by atoms with Crippen LogP contribution in [0.2, 0.25) is 0 Å². The first kappa shape index (κ1) is 12.3. The molecule has 0 atom stereocenters. The number of carbonyl (C=O) groups excluding carboxylic acids is 1. The van der Waals surface area contributed by atoms with Gasteiger partial charge in [-0.2, -0.15) is 0 Å². The number of carbonyl (C=O) groups is 1. The molecule has 0 amide bonds. The van der Waals surface area contributed by atoms with Gasteiger partial charge >= 0.3 is 0 Å². The fraction of sp³-hybridized carbons (Fsp3) is 0.300. The van der Waals surface area contributed by atoms with E-state index in [0.29, 0.717) is 4.47 Å². The van der Waals surface area contributed by atoms with Gasteiger partial charge in [-0.25, -0.2) is 4.39 Å². The lowest BCUT2D eigenvalue weighted by molar-refractivity contribution is 0.101. The normalized spacial score (nSPS) is 8.69. The Morgan fingerprint density at radius 3 is 2.31 bits per heavy atom. The van der Waals surface area contributed by atoms with Gasteiger partial charge in [0, 0.05) is 4.47 Å². The molecular formula is C10H12BrFO. The maximum Gasteiger partial charge on any atom is 0.162 e. The van der Waals surface area contributed by atoms with E-state index < -0.39 is 5.82 Å². The average molecular weight is 247 g/mol. The molecular weight excluding hydrogens is 235 g/mol. The van der Waals surface area contributed by atoms with Gasteiger partial charge in [-0.3, -0.25) is 4.79 Å². The van der Waals surface area contributed by atoms with Crippen molar-refractivity contribution >= 4 is 21.7 Å². The van der Waals surface area contributed by atoms with Crippen molar-refractivity contribution < 1.29 is 9.18 Å². The number of rotatable bonds is 1. The minimum atomic E-state index is -0.480. The highest BCUT2D eigenvalue weighted by molar-refractivity contribution is 9.10. The lowest BCUT2D eigenvalue weighted by Crippen LogP contribution is -1.95. The zero-order chi connectivity index (χ0) is 10.4. The van der Waals surface area contributed by atoms with E-state index in [2.05, 4.69) is 15.9 Å². The quantitative estimate of drug-likeness (QED) is 0.689. The molecule has 0 aliphatic carbocycles. The minimum absolute atomic E-state index is 0.133. The summed E-state index contributed by atoms with van der Waals surface area (Å²) in [4.78, 5) is 10.7. The summed E-state index contributed by atoms with van der Waals surface area (Å²) >= 11 is 3.09. The van der Waals surface area contributed by atoms with Crippen molar-refractivity contribution in [3.05, 3.63) is 34.1 Å². The number of halogens is 2. The van der Waals surface area contributed by atoms with E-state index in [1.807, 2.05) is 13.8 Å². The first-order valence-electron chi connectivity index (χ1n) is 4.07. The standard InChI is InChI=1S/C8H6BrFO.C2H6/c1-5(11)7-3-2-6(9)4-8(7)10;1-2/h2-4H,1H3;1-2H3. The van der Waals surface area contributed by atoms with E-state index in [0.717, 1.165) is 0 Å². The van der Waals surface area contributed by atoms with Crippen LogP contribution in [0.15, 0.2) is 22.7 Å². The predicted molar refractivity (Wildman–Crippen MR) is 55.5 cm³/mol. The van der Waals surface area contributed by atoms with Crippen LogP contribution in [-0.2, 0) is 0 Å². The van der Waals surface area contributed by atoms with Gasteiger partial charge in [-0.15, -0.1) is 0 Å². The molecule has 0 N–H and O–H groups in total. The highest BCUT2D eigenvalue weighted by Gasteiger charge is 2.05. The molecule has 0 saturated heterocycles. The molecule has 0 unspecified atom stereocenters. The van der Waals surface area contributed by atoms with Gasteiger partial charge in [0.05, 0.1) is 5.56 Å². The van der Waals surface area contributed by atoms with Gasteiger partial charge in [-0.05, 0) is 25.1 Å². The molecule has 0 heterocycles. The second kappa shape index (κ2) is 5.86. The third-order valence-corrected chi connectivity index (χ3v) is 1.80. The van der Waals surface area contributed by atoms with Crippen LogP contribution in [0.4, 0.5) is 4.39 Å². The van der Waals surface area contributed by atoms with E-state index in [4.69, 9.17) is 0 Å². The molecule has 72 valence electrons. The molecule has 1 nitrogen and oxygen atoms in total. The molecule has 0 radical (unpaired) electrons. The smallest absolute Gasteiger partial charge is 0.162 e. The SMILES string of the molecule is CC.CC(=O)c1ccc(Br)cc1F. The van der Waals surface area contributed by atoms with E-state index in [-0.39, 0.29) is 11.3 Å².